The van der Waals surface area contributed by atoms with Gasteiger partial charge in [-0.3, -0.25) is 0 Å². The van der Waals surface area contributed by atoms with E-state index in [0.717, 1.165) is 25.7 Å². The molecule has 0 saturated carbocycles. The van der Waals surface area contributed by atoms with E-state index >= 15 is 0 Å². The van der Waals surface area contributed by atoms with E-state index < -0.39 is 0 Å². The van der Waals surface area contributed by atoms with Gasteiger partial charge in [0, 0.05) is 54.3 Å². The smallest absolute Gasteiger partial charge is 0.0543 e. The summed E-state index contributed by atoms with van der Waals surface area (Å²) in [5.41, 5.74) is 13.2. The molecular formula is C49H43NS2. The molecule has 11 rings (SSSR count). The summed E-state index contributed by atoms with van der Waals surface area (Å²) in [6.45, 7) is 0. The summed E-state index contributed by atoms with van der Waals surface area (Å²) in [6.07, 6.45) is 25.9. The van der Waals surface area contributed by atoms with Crippen LogP contribution >= 0.6 is 23.5 Å². The van der Waals surface area contributed by atoms with Crippen LogP contribution < -0.4 is 0 Å². The molecule has 4 aromatic carbocycles. The molecule has 0 amide bonds. The van der Waals surface area contributed by atoms with E-state index in [1.54, 1.807) is 11.1 Å². The van der Waals surface area contributed by atoms with Crippen molar-refractivity contribution in [3.05, 3.63) is 178 Å². The lowest BCUT2D eigenvalue weighted by Crippen LogP contribution is -2.57. The molecule has 1 saturated heterocycles. The maximum absolute atomic E-state index is 2.71. The maximum Gasteiger partial charge on any atom is 0.0543 e. The molecule has 1 aromatic heterocycles. The Morgan fingerprint density at radius 2 is 1.58 bits per heavy atom. The quantitative estimate of drug-likeness (QED) is 0.172. The standard InChI is InChI=1S/C49H43NS2/c1-3-14-32(15-4-1)33-26-28-40-46(30-33)51-44-24-11-8-20-38(44)49(40)39-21-9-12-25-45(39)52-47-31-34(27-29-41(47)49)36-19-13-23-43-48(36)37-18-7-10-22-42(37)50(43)35-16-5-2-6-17-35/h1-6,9-17,19,21-26,28,31,33,38,40,44,46H,7-8,18,20,27,29-30H2. The molecule has 0 bridgehead atoms. The molecule has 4 aliphatic carbocycles. The fourth-order valence-electron chi connectivity index (χ4n) is 11.1. The SMILES string of the molecule is C1=Cc2c(c3c(C4=CC5=C(CC4)C4(c6ccccc6S5)C5C=CC(c6ccccc6)CC5SC5C=CCCC54)cccc3n2-c2ccccc2)CC1. The number of hydrogen-bond donors (Lipinski definition) is 0. The van der Waals surface area contributed by atoms with Gasteiger partial charge in [0.05, 0.1) is 5.52 Å². The van der Waals surface area contributed by atoms with Crippen LogP contribution in [0.15, 0.2) is 155 Å². The number of para-hydroxylation sites is 1. The zero-order valence-corrected chi connectivity index (χ0v) is 31.1. The van der Waals surface area contributed by atoms with Gasteiger partial charge in [-0.15, -0.1) is 11.8 Å². The summed E-state index contributed by atoms with van der Waals surface area (Å²) in [5, 5.41) is 2.60. The lowest BCUT2D eigenvalue weighted by atomic mass is 9.52. The lowest BCUT2D eigenvalue weighted by Gasteiger charge is -2.60. The number of nitrogens with zero attached hydrogens (tertiary/aromatic N) is 1. The highest BCUT2D eigenvalue weighted by molar-refractivity contribution is 8.03. The first-order chi connectivity index (χ1) is 25.8. The molecule has 52 heavy (non-hydrogen) atoms. The molecule has 3 heteroatoms. The molecule has 2 aliphatic heterocycles. The average molecular weight is 710 g/mol. The Hall–Kier alpha value is -4.18. The predicted octanol–water partition coefficient (Wildman–Crippen LogP) is 12.9. The fraction of sp³-hybridized carbons (Fsp3) is 0.265. The number of rotatable bonds is 3. The van der Waals surface area contributed by atoms with Crippen LogP contribution in [-0.2, 0) is 11.8 Å². The van der Waals surface area contributed by atoms with Crippen molar-refractivity contribution in [1.82, 2.24) is 4.57 Å². The zero-order chi connectivity index (χ0) is 34.2. The van der Waals surface area contributed by atoms with Crippen LogP contribution in [0.4, 0.5) is 0 Å². The van der Waals surface area contributed by atoms with Gasteiger partial charge in [0.15, 0.2) is 0 Å². The second-order valence-corrected chi connectivity index (χ2v) is 18.1. The maximum atomic E-state index is 2.71. The summed E-state index contributed by atoms with van der Waals surface area (Å²) >= 11 is 4.36. The number of allylic oxidation sites excluding steroid dienone is 7. The Balaban J connectivity index is 1.10. The monoisotopic (exact) mass is 709 g/mol. The summed E-state index contributed by atoms with van der Waals surface area (Å²) in [7, 11) is 0. The topological polar surface area (TPSA) is 4.93 Å². The van der Waals surface area contributed by atoms with Gasteiger partial charge < -0.3 is 4.57 Å². The van der Waals surface area contributed by atoms with Crippen LogP contribution in [-0.4, -0.2) is 15.1 Å². The van der Waals surface area contributed by atoms with E-state index in [1.165, 1.54) is 73.6 Å². The van der Waals surface area contributed by atoms with E-state index in [-0.39, 0.29) is 5.41 Å². The van der Waals surface area contributed by atoms with E-state index in [1.807, 2.05) is 0 Å². The highest BCUT2D eigenvalue weighted by Crippen LogP contribution is 2.67. The van der Waals surface area contributed by atoms with Gasteiger partial charge in [0.1, 0.15) is 0 Å². The Morgan fingerprint density at radius 1 is 0.731 bits per heavy atom. The second-order valence-electron chi connectivity index (χ2n) is 15.6. The third-order valence-corrected chi connectivity index (χ3v) is 15.9. The van der Waals surface area contributed by atoms with E-state index in [2.05, 4.69) is 174 Å². The summed E-state index contributed by atoms with van der Waals surface area (Å²) < 4.78 is 2.51. The van der Waals surface area contributed by atoms with Crippen molar-refractivity contribution in [3.8, 4) is 5.69 Å². The third-order valence-electron chi connectivity index (χ3n) is 13.1. The van der Waals surface area contributed by atoms with Crippen LogP contribution in [0, 0.1) is 11.8 Å². The van der Waals surface area contributed by atoms with Crippen molar-refractivity contribution < 1.29 is 0 Å². The first-order valence-electron chi connectivity index (χ1n) is 19.4. The van der Waals surface area contributed by atoms with Crippen LogP contribution in [0.2, 0.25) is 0 Å². The third kappa shape index (κ3) is 4.64. The predicted molar refractivity (Wildman–Crippen MR) is 222 cm³/mol. The van der Waals surface area contributed by atoms with Crippen LogP contribution in [0.3, 0.4) is 0 Å². The minimum absolute atomic E-state index is 0.0231. The van der Waals surface area contributed by atoms with Gasteiger partial charge in [-0.05, 0) is 121 Å². The number of benzene rings is 4. The van der Waals surface area contributed by atoms with Crippen LogP contribution in [0.1, 0.15) is 72.4 Å². The van der Waals surface area contributed by atoms with Crippen molar-refractivity contribution in [2.24, 2.45) is 11.8 Å². The Morgan fingerprint density at radius 3 is 2.48 bits per heavy atom. The summed E-state index contributed by atoms with van der Waals surface area (Å²) in [5.74, 6) is 1.58. The average Bonchev–Trinajstić information content (AvgIpc) is 3.56. The Kier molecular flexibility index (Phi) is 7.51. The summed E-state index contributed by atoms with van der Waals surface area (Å²) in [4.78, 5) is 3.01. The number of hydrogen-bond acceptors (Lipinski definition) is 2. The first kappa shape index (κ1) is 31.4. The highest BCUT2D eigenvalue weighted by Gasteiger charge is 2.60. The molecule has 1 spiro atoms. The van der Waals surface area contributed by atoms with Crippen molar-refractivity contribution in [3.63, 3.8) is 0 Å². The summed E-state index contributed by atoms with van der Waals surface area (Å²) in [6, 6.07) is 38.9. The molecule has 6 unspecified atom stereocenters. The number of fused-ring (bicyclic) bond motifs is 10. The molecule has 1 fully saturated rings. The van der Waals surface area contributed by atoms with Gasteiger partial charge in [-0.2, -0.15) is 0 Å². The lowest BCUT2D eigenvalue weighted by molar-refractivity contribution is 0.194. The van der Waals surface area contributed by atoms with Gasteiger partial charge >= 0.3 is 0 Å². The second kappa shape index (κ2) is 12.5. The van der Waals surface area contributed by atoms with Crippen molar-refractivity contribution in [2.75, 3.05) is 0 Å². The molecule has 6 atom stereocenters. The molecular weight excluding hydrogens is 667 g/mol. The minimum Gasteiger partial charge on any atom is -0.310 e. The molecule has 0 radical (unpaired) electrons. The van der Waals surface area contributed by atoms with Crippen molar-refractivity contribution in [2.45, 2.75) is 71.7 Å². The largest absolute Gasteiger partial charge is 0.310 e. The van der Waals surface area contributed by atoms with E-state index in [0.29, 0.717) is 28.3 Å². The van der Waals surface area contributed by atoms with Crippen molar-refractivity contribution in [1.29, 1.82) is 0 Å². The Labute approximate surface area is 316 Å². The van der Waals surface area contributed by atoms with Gasteiger partial charge in [0.25, 0.3) is 0 Å². The molecule has 0 N–H and O–H groups in total. The number of thioether (sulfide) groups is 2. The molecule has 6 aliphatic rings. The zero-order valence-electron chi connectivity index (χ0n) is 29.5. The first-order valence-corrected chi connectivity index (χ1v) is 21.2. The van der Waals surface area contributed by atoms with Crippen molar-refractivity contribution >= 4 is 46.1 Å². The number of aromatic nitrogens is 1. The van der Waals surface area contributed by atoms with Gasteiger partial charge in [0.2, 0.25) is 0 Å². The molecule has 1 nitrogen and oxygen atoms in total. The number of aryl methyl sites for hydroxylation is 1. The van der Waals surface area contributed by atoms with Gasteiger partial charge in [-0.25, -0.2) is 0 Å². The fourth-order valence-corrected chi connectivity index (χ4v) is 14.3. The molecule has 5 aromatic rings. The highest BCUT2D eigenvalue weighted by atomic mass is 32.2. The Bertz CT molecular complexity index is 2370. The molecule has 3 heterocycles. The van der Waals surface area contributed by atoms with E-state index in [9.17, 15) is 0 Å². The van der Waals surface area contributed by atoms with Gasteiger partial charge in [-0.1, -0.05) is 121 Å². The van der Waals surface area contributed by atoms with Crippen LogP contribution in [0.5, 0.6) is 0 Å². The normalized spacial score (nSPS) is 28.5. The van der Waals surface area contributed by atoms with E-state index in [4.69, 9.17) is 0 Å². The molecule has 256 valence electrons. The van der Waals surface area contributed by atoms with Crippen LogP contribution in [0.25, 0.3) is 28.2 Å². The minimum atomic E-state index is 0.0231.